The van der Waals surface area contributed by atoms with Crippen LogP contribution >= 0.6 is 0 Å². The zero-order valence-corrected chi connectivity index (χ0v) is 17.9. The first kappa shape index (κ1) is 19.9. The molecule has 2 atom stereocenters. The highest BCUT2D eigenvalue weighted by Crippen LogP contribution is 2.29. The molecule has 2 fully saturated rings. The van der Waals surface area contributed by atoms with Crippen LogP contribution < -0.4 is 16.4 Å². The summed E-state index contributed by atoms with van der Waals surface area (Å²) in [5.41, 5.74) is 11.1. The van der Waals surface area contributed by atoms with Gasteiger partial charge in [-0.05, 0) is 73.6 Å². The summed E-state index contributed by atoms with van der Waals surface area (Å²) in [6.07, 6.45) is 8.53. The molecule has 31 heavy (non-hydrogen) atoms. The third kappa shape index (κ3) is 4.39. The Labute approximate surface area is 182 Å². The lowest BCUT2D eigenvalue weighted by molar-refractivity contribution is 0.0951. The van der Waals surface area contributed by atoms with Gasteiger partial charge in [-0.2, -0.15) is 0 Å². The Morgan fingerprint density at radius 3 is 2.71 bits per heavy atom. The second-order valence-corrected chi connectivity index (χ2v) is 8.94. The van der Waals surface area contributed by atoms with Crippen LogP contribution in [0.5, 0.6) is 0 Å². The Kier molecular flexibility index (Phi) is 5.32. The lowest BCUT2D eigenvalue weighted by Gasteiger charge is -2.29. The highest BCUT2D eigenvalue weighted by atomic mass is 16.1. The highest BCUT2D eigenvalue weighted by Gasteiger charge is 2.24. The number of benzene rings is 2. The van der Waals surface area contributed by atoms with Gasteiger partial charge in [-0.15, -0.1) is 0 Å². The quantitative estimate of drug-likeness (QED) is 0.581. The van der Waals surface area contributed by atoms with E-state index >= 15 is 0 Å². The molecule has 2 aliphatic carbocycles. The van der Waals surface area contributed by atoms with Gasteiger partial charge in [0.25, 0.3) is 5.91 Å². The van der Waals surface area contributed by atoms with Gasteiger partial charge in [0, 0.05) is 35.3 Å². The van der Waals surface area contributed by atoms with Crippen LogP contribution in [0, 0.1) is 6.92 Å². The smallest absolute Gasteiger partial charge is 0.251 e. The summed E-state index contributed by atoms with van der Waals surface area (Å²) in [5, 5.41) is 7.47. The predicted molar refractivity (Wildman–Crippen MR) is 124 cm³/mol. The molecule has 0 bridgehead atoms. The number of aromatic nitrogens is 2. The van der Waals surface area contributed by atoms with Gasteiger partial charge in [-0.1, -0.05) is 25.0 Å². The van der Waals surface area contributed by atoms with Gasteiger partial charge in [0.05, 0.1) is 5.52 Å². The topological polar surface area (TPSA) is 92.9 Å². The predicted octanol–water partition coefficient (Wildman–Crippen LogP) is 4.18. The number of hydrogen-bond acceptors (Lipinski definition) is 5. The molecule has 2 aromatic carbocycles. The fourth-order valence-corrected chi connectivity index (χ4v) is 4.35. The number of anilines is 1. The van der Waals surface area contributed by atoms with Crippen molar-refractivity contribution in [3.05, 3.63) is 53.7 Å². The van der Waals surface area contributed by atoms with Gasteiger partial charge in [-0.3, -0.25) is 4.79 Å². The summed E-state index contributed by atoms with van der Waals surface area (Å²) in [6.45, 7) is 2.07. The van der Waals surface area contributed by atoms with Crippen LogP contribution in [0.1, 0.15) is 54.4 Å². The maximum absolute atomic E-state index is 12.5. The van der Waals surface area contributed by atoms with Crippen molar-refractivity contribution in [3.8, 4) is 11.1 Å². The van der Waals surface area contributed by atoms with E-state index in [1.54, 1.807) is 0 Å². The minimum atomic E-state index is 0.00418. The molecule has 1 aromatic heterocycles. The van der Waals surface area contributed by atoms with Gasteiger partial charge < -0.3 is 16.4 Å². The van der Waals surface area contributed by atoms with Crippen molar-refractivity contribution in [1.29, 1.82) is 0 Å². The SMILES string of the molecule is Cc1ccc(C(=O)NC2CC2)cc1-c1ccc2nc(N[C@@H]3CCCC[C@H]3N)ncc2c1. The number of carbonyl (C=O) groups excluding carboxylic acids is 1. The fourth-order valence-electron chi connectivity index (χ4n) is 4.35. The molecule has 0 spiro atoms. The Morgan fingerprint density at radius 1 is 1.06 bits per heavy atom. The van der Waals surface area contributed by atoms with Crippen LogP contribution in [0.15, 0.2) is 42.6 Å². The van der Waals surface area contributed by atoms with Gasteiger partial charge in [0.15, 0.2) is 0 Å². The monoisotopic (exact) mass is 415 g/mol. The number of nitrogens with zero attached hydrogens (tertiary/aromatic N) is 2. The van der Waals surface area contributed by atoms with Gasteiger partial charge in [0.1, 0.15) is 0 Å². The zero-order valence-electron chi connectivity index (χ0n) is 17.9. The van der Waals surface area contributed by atoms with E-state index in [0.717, 1.165) is 53.3 Å². The standard InChI is InChI=1S/C25H29N5O/c1-15-6-7-17(24(31)28-19-9-10-19)13-20(15)16-8-11-22-18(12-16)14-27-25(29-22)30-23-5-3-2-4-21(23)26/h6-8,11-14,19,21,23H,2-5,9-10,26H2,1H3,(H,28,31)(H,27,29,30)/t21-,23-/m1/s1. The molecule has 160 valence electrons. The number of carbonyl (C=O) groups is 1. The third-order valence-corrected chi connectivity index (χ3v) is 6.44. The Morgan fingerprint density at radius 2 is 1.90 bits per heavy atom. The van der Waals surface area contributed by atoms with Gasteiger partial charge in [-0.25, -0.2) is 9.97 Å². The second kappa shape index (κ2) is 8.27. The van der Waals surface area contributed by atoms with Crippen molar-refractivity contribution in [1.82, 2.24) is 15.3 Å². The molecule has 0 unspecified atom stereocenters. The van der Waals surface area contributed by atoms with Crippen molar-refractivity contribution in [3.63, 3.8) is 0 Å². The molecular formula is C25H29N5O. The van der Waals surface area contributed by atoms with E-state index in [-0.39, 0.29) is 18.0 Å². The molecule has 6 nitrogen and oxygen atoms in total. The number of fused-ring (bicyclic) bond motifs is 1. The zero-order chi connectivity index (χ0) is 21.4. The molecule has 4 N–H and O–H groups in total. The van der Waals surface area contributed by atoms with E-state index in [1.165, 1.54) is 12.8 Å². The van der Waals surface area contributed by atoms with Crippen molar-refractivity contribution < 1.29 is 4.79 Å². The third-order valence-electron chi connectivity index (χ3n) is 6.44. The molecule has 2 aliphatic rings. The van der Waals surface area contributed by atoms with Gasteiger partial charge in [0.2, 0.25) is 5.95 Å². The first-order valence-electron chi connectivity index (χ1n) is 11.3. The number of nitrogens with one attached hydrogen (secondary N) is 2. The minimum absolute atomic E-state index is 0.00418. The Bertz CT molecular complexity index is 1120. The molecule has 2 saturated carbocycles. The molecule has 0 saturated heterocycles. The van der Waals surface area contributed by atoms with Crippen LogP contribution in [0.2, 0.25) is 0 Å². The Balaban J connectivity index is 1.40. The molecule has 0 aliphatic heterocycles. The molecule has 0 radical (unpaired) electrons. The van der Waals surface area contributed by atoms with Crippen LogP contribution in [0.25, 0.3) is 22.0 Å². The largest absolute Gasteiger partial charge is 0.350 e. The number of amides is 1. The molecule has 3 aromatic rings. The summed E-state index contributed by atoms with van der Waals surface area (Å²) in [6, 6.07) is 12.8. The van der Waals surface area contributed by atoms with E-state index in [2.05, 4.69) is 34.7 Å². The first-order chi connectivity index (χ1) is 15.1. The lowest BCUT2D eigenvalue weighted by Crippen LogP contribution is -2.42. The van der Waals surface area contributed by atoms with Crippen LogP contribution in [0.3, 0.4) is 0 Å². The van der Waals surface area contributed by atoms with Crippen molar-refractivity contribution in [2.45, 2.75) is 63.6 Å². The van der Waals surface area contributed by atoms with Gasteiger partial charge >= 0.3 is 0 Å². The fraction of sp³-hybridized carbons (Fsp3) is 0.400. The number of rotatable bonds is 5. The summed E-state index contributed by atoms with van der Waals surface area (Å²) in [4.78, 5) is 21.7. The number of nitrogens with two attached hydrogens (primary N) is 1. The van der Waals surface area contributed by atoms with Crippen molar-refractivity contribution in [2.24, 2.45) is 5.73 Å². The lowest BCUT2D eigenvalue weighted by atomic mass is 9.91. The van der Waals surface area contributed by atoms with Crippen LogP contribution in [0.4, 0.5) is 5.95 Å². The molecule has 6 heteroatoms. The molecule has 1 heterocycles. The maximum Gasteiger partial charge on any atom is 0.251 e. The van der Waals surface area contributed by atoms with E-state index in [9.17, 15) is 4.79 Å². The highest BCUT2D eigenvalue weighted by molar-refractivity contribution is 5.96. The minimum Gasteiger partial charge on any atom is -0.350 e. The second-order valence-electron chi connectivity index (χ2n) is 8.94. The number of aryl methyl sites for hydroxylation is 1. The van der Waals surface area contributed by atoms with E-state index < -0.39 is 0 Å². The van der Waals surface area contributed by atoms with Crippen molar-refractivity contribution >= 4 is 22.8 Å². The first-order valence-corrected chi connectivity index (χ1v) is 11.3. The van der Waals surface area contributed by atoms with Crippen molar-refractivity contribution in [2.75, 3.05) is 5.32 Å². The molecule has 1 amide bonds. The van der Waals surface area contributed by atoms with E-state index in [4.69, 9.17) is 10.7 Å². The molecule has 5 rings (SSSR count). The summed E-state index contributed by atoms with van der Waals surface area (Å²) >= 11 is 0. The summed E-state index contributed by atoms with van der Waals surface area (Å²) in [7, 11) is 0. The van der Waals surface area contributed by atoms with E-state index in [1.807, 2.05) is 30.5 Å². The summed E-state index contributed by atoms with van der Waals surface area (Å²) in [5.74, 6) is 0.641. The average Bonchev–Trinajstić information content (AvgIpc) is 3.59. The maximum atomic E-state index is 12.5. The summed E-state index contributed by atoms with van der Waals surface area (Å²) < 4.78 is 0. The number of hydrogen-bond donors (Lipinski definition) is 3. The van der Waals surface area contributed by atoms with E-state index in [0.29, 0.717) is 17.6 Å². The average molecular weight is 416 g/mol. The Hall–Kier alpha value is -2.99. The van der Waals surface area contributed by atoms with Crippen LogP contribution in [-0.4, -0.2) is 34.0 Å². The normalized spacial score (nSPS) is 21.1. The molecular weight excluding hydrogens is 386 g/mol. The van der Waals surface area contributed by atoms with Crippen LogP contribution in [-0.2, 0) is 0 Å².